The molecule has 0 amide bonds. The molecule has 1 nitrogen and oxygen atoms in total. The molecule has 0 aliphatic heterocycles. The number of hydrogen-bond acceptors (Lipinski definition) is 1. The summed E-state index contributed by atoms with van der Waals surface area (Å²) in [6.45, 7) is 14.6. The quantitative estimate of drug-likeness (QED) is 0.248. The van der Waals surface area contributed by atoms with Gasteiger partial charge in [-0.05, 0) is 88.9 Å². The average molecular weight is 483 g/mol. The van der Waals surface area contributed by atoms with Gasteiger partial charge in [0.25, 0.3) is 0 Å². The summed E-state index contributed by atoms with van der Waals surface area (Å²) < 4.78 is 0. The van der Waals surface area contributed by atoms with Gasteiger partial charge in [-0.3, -0.25) is 0 Å². The molecule has 184 valence electrons. The molecule has 1 N–H and O–H groups in total. The number of allylic oxidation sites excluding steroid dienone is 4. The SMILES string of the molecule is C=C(/C=C/c1ccc(Cc2ccc(/C=C/C(=C)c3ccc(C)cc3O)cc2C)cc1)c1ccccc1C. The summed E-state index contributed by atoms with van der Waals surface area (Å²) in [5, 5.41) is 10.2. The molecule has 0 heterocycles. The van der Waals surface area contributed by atoms with E-state index < -0.39 is 0 Å². The molecule has 0 unspecified atom stereocenters. The van der Waals surface area contributed by atoms with E-state index in [1.54, 1.807) is 6.07 Å². The molecule has 0 saturated carbocycles. The van der Waals surface area contributed by atoms with Gasteiger partial charge in [-0.25, -0.2) is 0 Å². The van der Waals surface area contributed by atoms with Gasteiger partial charge in [-0.2, -0.15) is 0 Å². The molecular weight excluding hydrogens is 448 g/mol. The lowest BCUT2D eigenvalue weighted by atomic mass is 9.97. The fraction of sp³-hybridized carbons (Fsp3) is 0.111. The topological polar surface area (TPSA) is 20.2 Å². The Balaban J connectivity index is 1.39. The van der Waals surface area contributed by atoms with Crippen LogP contribution >= 0.6 is 0 Å². The second kappa shape index (κ2) is 11.6. The molecule has 0 aromatic heterocycles. The highest BCUT2D eigenvalue weighted by Gasteiger charge is 2.05. The van der Waals surface area contributed by atoms with Crippen molar-refractivity contribution < 1.29 is 5.11 Å². The first-order valence-electron chi connectivity index (χ1n) is 12.6. The average Bonchev–Trinajstić information content (AvgIpc) is 2.88. The molecule has 0 aliphatic carbocycles. The zero-order valence-corrected chi connectivity index (χ0v) is 22.0. The van der Waals surface area contributed by atoms with Crippen LogP contribution in [0.1, 0.15) is 50.1 Å². The van der Waals surface area contributed by atoms with E-state index in [4.69, 9.17) is 0 Å². The van der Waals surface area contributed by atoms with E-state index in [0.717, 1.165) is 39.8 Å². The third-order valence-corrected chi connectivity index (χ3v) is 6.69. The highest BCUT2D eigenvalue weighted by atomic mass is 16.3. The van der Waals surface area contributed by atoms with Gasteiger partial charge >= 0.3 is 0 Å². The van der Waals surface area contributed by atoms with Crippen molar-refractivity contribution >= 4 is 23.3 Å². The van der Waals surface area contributed by atoms with Crippen molar-refractivity contribution in [1.29, 1.82) is 0 Å². The summed E-state index contributed by atoms with van der Waals surface area (Å²) in [7, 11) is 0. The number of aryl methyl sites for hydroxylation is 3. The minimum atomic E-state index is 0.263. The molecule has 0 radical (unpaired) electrons. The smallest absolute Gasteiger partial charge is 0.123 e. The monoisotopic (exact) mass is 482 g/mol. The summed E-state index contributed by atoms with van der Waals surface area (Å²) in [5.74, 6) is 0.263. The Bertz CT molecular complexity index is 1500. The van der Waals surface area contributed by atoms with E-state index in [9.17, 15) is 5.11 Å². The predicted octanol–water partition coefficient (Wildman–Crippen LogP) is 9.36. The lowest BCUT2D eigenvalue weighted by molar-refractivity contribution is 0.473. The molecule has 0 fully saturated rings. The van der Waals surface area contributed by atoms with Gasteiger partial charge in [0.05, 0.1) is 0 Å². The zero-order valence-electron chi connectivity index (χ0n) is 22.0. The fourth-order valence-corrected chi connectivity index (χ4v) is 4.41. The maximum atomic E-state index is 10.2. The first kappa shape index (κ1) is 25.7. The highest BCUT2D eigenvalue weighted by molar-refractivity contribution is 5.80. The van der Waals surface area contributed by atoms with Crippen LogP contribution in [0.3, 0.4) is 0 Å². The van der Waals surface area contributed by atoms with Crippen LogP contribution < -0.4 is 0 Å². The van der Waals surface area contributed by atoms with Crippen molar-refractivity contribution in [3.63, 3.8) is 0 Å². The molecule has 4 aromatic carbocycles. The van der Waals surface area contributed by atoms with Crippen LogP contribution in [0.15, 0.2) is 110 Å². The van der Waals surface area contributed by atoms with Crippen molar-refractivity contribution in [2.75, 3.05) is 0 Å². The molecule has 0 saturated heterocycles. The van der Waals surface area contributed by atoms with Crippen molar-refractivity contribution in [2.24, 2.45) is 0 Å². The van der Waals surface area contributed by atoms with E-state index >= 15 is 0 Å². The Hall–Kier alpha value is -4.36. The lowest BCUT2D eigenvalue weighted by Gasteiger charge is -2.09. The summed E-state index contributed by atoms with van der Waals surface area (Å²) >= 11 is 0. The van der Waals surface area contributed by atoms with Crippen LogP contribution in [-0.4, -0.2) is 5.11 Å². The fourth-order valence-electron chi connectivity index (χ4n) is 4.41. The van der Waals surface area contributed by atoms with E-state index in [-0.39, 0.29) is 5.75 Å². The highest BCUT2D eigenvalue weighted by Crippen LogP contribution is 2.27. The Morgan fingerprint density at radius 1 is 0.676 bits per heavy atom. The number of benzene rings is 4. The van der Waals surface area contributed by atoms with Crippen LogP contribution in [0, 0.1) is 20.8 Å². The molecule has 0 bridgehead atoms. The maximum absolute atomic E-state index is 10.2. The van der Waals surface area contributed by atoms with Gasteiger partial charge in [-0.15, -0.1) is 0 Å². The zero-order chi connectivity index (χ0) is 26.4. The molecule has 37 heavy (non-hydrogen) atoms. The lowest BCUT2D eigenvalue weighted by Crippen LogP contribution is -1.92. The van der Waals surface area contributed by atoms with Gasteiger partial charge in [0, 0.05) is 5.56 Å². The summed E-state index contributed by atoms with van der Waals surface area (Å²) in [6, 6.07) is 29.2. The Labute approximate surface area is 221 Å². The van der Waals surface area contributed by atoms with Crippen LogP contribution in [0.5, 0.6) is 5.75 Å². The molecule has 4 rings (SSSR count). The molecule has 0 atom stereocenters. The Morgan fingerprint density at radius 3 is 2.00 bits per heavy atom. The summed E-state index contributed by atoms with van der Waals surface area (Å²) in [6.07, 6.45) is 9.10. The van der Waals surface area contributed by atoms with Crippen LogP contribution in [0.25, 0.3) is 23.3 Å². The number of phenolic OH excluding ortho intramolecular Hbond substituents is 1. The second-order valence-corrected chi connectivity index (χ2v) is 9.66. The molecular formula is C36H34O. The minimum absolute atomic E-state index is 0.263. The van der Waals surface area contributed by atoms with E-state index in [1.165, 1.54) is 27.8 Å². The van der Waals surface area contributed by atoms with Crippen LogP contribution in [0.4, 0.5) is 0 Å². The largest absolute Gasteiger partial charge is 0.507 e. The Kier molecular flexibility index (Phi) is 8.05. The normalized spacial score (nSPS) is 11.3. The second-order valence-electron chi connectivity index (χ2n) is 9.66. The molecule has 1 heteroatoms. The first-order chi connectivity index (χ1) is 17.8. The van der Waals surface area contributed by atoms with Crippen molar-refractivity contribution in [1.82, 2.24) is 0 Å². The minimum Gasteiger partial charge on any atom is -0.507 e. The molecule has 0 aliphatic rings. The van der Waals surface area contributed by atoms with E-state index in [0.29, 0.717) is 0 Å². The predicted molar refractivity (Wildman–Crippen MR) is 161 cm³/mol. The van der Waals surface area contributed by atoms with Gasteiger partial charge in [0.1, 0.15) is 5.75 Å². The summed E-state index contributed by atoms with van der Waals surface area (Å²) in [4.78, 5) is 0. The van der Waals surface area contributed by atoms with E-state index in [2.05, 4.69) is 106 Å². The third kappa shape index (κ3) is 6.65. The van der Waals surface area contributed by atoms with E-state index in [1.807, 2.05) is 31.2 Å². The standard InChI is InChI=1S/C36H34O/c1-25-10-21-35(36(37)22-25)28(4)12-14-31-19-20-33(29(5)23-31)24-32-17-15-30(16-18-32)13-11-27(3)34-9-7-6-8-26(34)2/h6-23,37H,3-4,24H2,1-2,5H3/b13-11+,14-12+. The number of hydrogen-bond donors (Lipinski definition) is 1. The molecule has 0 spiro atoms. The van der Waals surface area contributed by atoms with Crippen LogP contribution in [0.2, 0.25) is 0 Å². The van der Waals surface area contributed by atoms with Crippen LogP contribution in [-0.2, 0) is 6.42 Å². The summed E-state index contributed by atoms with van der Waals surface area (Å²) in [5.41, 5.74) is 12.1. The van der Waals surface area contributed by atoms with Crippen molar-refractivity contribution in [2.45, 2.75) is 27.2 Å². The number of rotatable bonds is 8. The molecule has 4 aromatic rings. The van der Waals surface area contributed by atoms with Crippen molar-refractivity contribution in [3.8, 4) is 5.75 Å². The Morgan fingerprint density at radius 2 is 1.32 bits per heavy atom. The van der Waals surface area contributed by atoms with Crippen molar-refractivity contribution in [3.05, 3.63) is 160 Å². The third-order valence-electron chi connectivity index (χ3n) is 6.69. The van der Waals surface area contributed by atoms with Gasteiger partial charge in [-0.1, -0.05) is 116 Å². The van der Waals surface area contributed by atoms with Gasteiger partial charge in [0.15, 0.2) is 0 Å². The number of phenols is 1. The van der Waals surface area contributed by atoms with Gasteiger partial charge in [0.2, 0.25) is 0 Å². The first-order valence-corrected chi connectivity index (χ1v) is 12.6. The maximum Gasteiger partial charge on any atom is 0.123 e. The number of aromatic hydroxyl groups is 1. The van der Waals surface area contributed by atoms with Gasteiger partial charge < -0.3 is 5.11 Å².